The van der Waals surface area contributed by atoms with Crippen LogP contribution in [0, 0.1) is 11.3 Å². The van der Waals surface area contributed by atoms with Crippen molar-refractivity contribution in [2.45, 2.75) is 53.0 Å². The fourth-order valence-electron chi connectivity index (χ4n) is 4.03. The summed E-state index contributed by atoms with van der Waals surface area (Å²) in [6.07, 6.45) is 2.49. The zero-order valence-electron chi connectivity index (χ0n) is 20.7. The van der Waals surface area contributed by atoms with Crippen LogP contribution in [0.3, 0.4) is 0 Å². The average Bonchev–Trinajstić information content (AvgIpc) is 2.79. The van der Waals surface area contributed by atoms with Gasteiger partial charge in [-0.1, -0.05) is 40.5 Å². The molecule has 184 valence electrons. The fraction of sp³-hybridized carbons (Fsp3) is 0.640. The number of hydrogen-bond donors (Lipinski definition) is 2. The Kier molecular flexibility index (Phi) is 9.86. The van der Waals surface area contributed by atoms with E-state index in [0.29, 0.717) is 23.5 Å². The number of carbonyl (C=O) groups is 3. The zero-order valence-corrected chi connectivity index (χ0v) is 20.7. The Bertz CT molecular complexity index is 783. The van der Waals surface area contributed by atoms with Crippen LogP contribution in [0.5, 0.6) is 0 Å². The number of rotatable bonds is 11. The molecule has 0 unspecified atom stereocenters. The van der Waals surface area contributed by atoms with E-state index in [4.69, 9.17) is 0 Å². The molecule has 0 bridgehead atoms. The predicted octanol–water partition coefficient (Wildman–Crippen LogP) is 2.81. The second kappa shape index (κ2) is 12.1. The minimum Gasteiger partial charge on any atom is -0.369 e. The van der Waals surface area contributed by atoms with Gasteiger partial charge in [0.2, 0.25) is 12.3 Å². The van der Waals surface area contributed by atoms with Crippen molar-refractivity contribution in [3.8, 4) is 0 Å². The van der Waals surface area contributed by atoms with Crippen molar-refractivity contribution in [2.75, 3.05) is 44.7 Å². The first kappa shape index (κ1) is 26.8. The van der Waals surface area contributed by atoms with E-state index in [1.165, 1.54) is 0 Å². The van der Waals surface area contributed by atoms with Gasteiger partial charge in [0, 0.05) is 37.4 Å². The highest BCUT2D eigenvalue weighted by Gasteiger charge is 2.35. The molecule has 2 amide bonds. The Morgan fingerprint density at radius 3 is 2.27 bits per heavy atom. The molecule has 8 heteroatoms. The fourth-order valence-corrected chi connectivity index (χ4v) is 4.03. The first-order chi connectivity index (χ1) is 15.6. The van der Waals surface area contributed by atoms with E-state index >= 15 is 0 Å². The van der Waals surface area contributed by atoms with Crippen LogP contribution >= 0.6 is 0 Å². The summed E-state index contributed by atoms with van der Waals surface area (Å²) in [4.78, 5) is 41.9. The van der Waals surface area contributed by atoms with Crippen molar-refractivity contribution >= 4 is 23.8 Å². The molecule has 1 aromatic rings. The minimum absolute atomic E-state index is 0.0971. The van der Waals surface area contributed by atoms with Crippen LogP contribution in [0.4, 0.5) is 5.69 Å². The lowest BCUT2D eigenvalue weighted by Gasteiger charge is -2.34. The molecular weight excluding hydrogens is 420 g/mol. The summed E-state index contributed by atoms with van der Waals surface area (Å²) in [5.41, 5.74) is 1.13. The number of carbonyl (C=O) groups excluding carboxylic acids is 3. The van der Waals surface area contributed by atoms with Crippen molar-refractivity contribution in [2.24, 2.45) is 11.3 Å². The van der Waals surface area contributed by atoms with E-state index in [9.17, 15) is 19.6 Å². The van der Waals surface area contributed by atoms with Gasteiger partial charge in [-0.3, -0.25) is 19.6 Å². The van der Waals surface area contributed by atoms with Gasteiger partial charge in [-0.2, -0.15) is 0 Å². The maximum atomic E-state index is 13.4. The van der Waals surface area contributed by atoms with Gasteiger partial charge in [0.15, 0.2) is 5.78 Å². The number of likely N-dealkylation sites (N-methyl/N-ethyl adjacent to an activating group) is 1. The maximum Gasteiger partial charge on any atom is 0.233 e. The van der Waals surface area contributed by atoms with E-state index in [1.807, 2.05) is 52.0 Å². The highest BCUT2D eigenvalue weighted by atomic mass is 16.5. The molecule has 1 aliphatic rings. The summed E-state index contributed by atoms with van der Waals surface area (Å²) in [5.74, 6) is -1.06. The second-order valence-corrected chi connectivity index (χ2v) is 10.1. The molecule has 0 radical (unpaired) electrons. The molecule has 2 atom stereocenters. The van der Waals surface area contributed by atoms with Crippen molar-refractivity contribution < 1.29 is 19.6 Å². The number of nitrogens with one attached hydrogen (secondary N) is 1. The molecule has 0 aliphatic carbocycles. The van der Waals surface area contributed by atoms with Crippen LogP contribution in [-0.4, -0.2) is 79.1 Å². The van der Waals surface area contributed by atoms with Gasteiger partial charge in [0.05, 0.1) is 18.5 Å². The topological polar surface area (TPSA) is 93.2 Å². The summed E-state index contributed by atoms with van der Waals surface area (Å²) in [6.45, 7) is 11.6. The van der Waals surface area contributed by atoms with Gasteiger partial charge in [-0.05, 0) is 43.1 Å². The van der Waals surface area contributed by atoms with Gasteiger partial charge >= 0.3 is 0 Å². The van der Waals surface area contributed by atoms with Crippen LogP contribution < -0.4 is 10.2 Å². The Hall–Kier alpha value is -2.45. The molecule has 0 spiro atoms. The summed E-state index contributed by atoms with van der Waals surface area (Å²) in [5, 5.41) is 13.0. The first-order valence-corrected chi connectivity index (χ1v) is 11.9. The SMILES string of the molecule is CCCC[C@H](CN(O)C=O)C(=O)N[C@H](C(=O)c1ccc(N2CCN(C)CC2)cc1)C(C)(C)C. The molecule has 0 aromatic heterocycles. The van der Waals surface area contributed by atoms with Gasteiger partial charge in [-0.15, -0.1) is 0 Å². The van der Waals surface area contributed by atoms with Crippen LogP contribution in [0.1, 0.15) is 57.3 Å². The number of nitrogens with zero attached hydrogens (tertiary/aromatic N) is 3. The summed E-state index contributed by atoms with van der Waals surface area (Å²) in [6, 6.07) is 6.87. The number of piperazine rings is 1. The molecule has 1 heterocycles. The number of ketones is 1. The summed E-state index contributed by atoms with van der Waals surface area (Å²) in [7, 11) is 2.11. The van der Waals surface area contributed by atoms with E-state index in [0.717, 1.165) is 44.7 Å². The monoisotopic (exact) mass is 460 g/mol. The molecule has 1 aliphatic heterocycles. The van der Waals surface area contributed by atoms with Crippen LogP contribution in [0.2, 0.25) is 0 Å². The molecule has 33 heavy (non-hydrogen) atoms. The van der Waals surface area contributed by atoms with Crippen LogP contribution in [0.25, 0.3) is 0 Å². The molecular formula is C25H40N4O4. The normalized spacial score (nSPS) is 16.7. The minimum atomic E-state index is -0.730. The first-order valence-electron chi connectivity index (χ1n) is 11.9. The number of Topliss-reactive ketones (excluding diaryl/α,β-unsaturated/α-hetero) is 1. The largest absolute Gasteiger partial charge is 0.369 e. The highest BCUT2D eigenvalue weighted by molar-refractivity contribution is 6.02. The average molecular weight is 461 g/mol. The molecule has 1 aromatic carbocycles. The van der Waals surface area contributed by atoms with E-state index in [-0.39, 0.29) is 18.2 Å². The Morgan fingerprint density at radius 2 is 1.76 bits per heavy atom. The smallest absolute Gasteiger partial charge is 0.233 e. The molecule has 2 rings (SSSR count). The quantitative estimate of drug-likeness (QED) is 0.228. The number of amides is 2. The third-order valence-corrected chi connectivity index (χ3v) is 6.24. The third kappa shape index (κ3) is 7.82. The van der Waals surface area contributed by atoms with E-state index < -0.39 is 17.4 Å². The lowest BCUT2D eigenvalue weighted by atomic mass is 9.81. The standard InChI is InChI=1S/C25H40N4O4/c1-6-7-8-20(17-29(33)18-30)24(32)26-23(25(2,3)4)22(31)19-9-11-21(12-10-19)28-15-13-27(5)14-16-28/h9-12,18,20,23,33H,6-8,13-17H2,1-5H3,(H,26,32)/t20-,23-/m1/s1. The molecule has 8 nitrogen and oxygen atoms in total. The number of hydrogen-bond acceptors (Lipinski definition) is 6. The molecule has 2 N–H and O–H groups in total. The summed E-state index contributed by atoms with van der Waals surface area (Å²) < 4.78 is 0. The third-order valence-electron chi connectivity index (χ3n) is 6.24. The predicted molar refractivity (Wildman–Crippen MR) is 129 cm³/mol. The van der Waals surface area contributed by atoms with Gasteiger partial charge in [0.25, 0.3) is 0 Å². The van der Waals surface area contributed by atoms with Crippen LogP contribution in [0.15, 0.2) is 24.3 Å². The van der Waals surface area contributed by atoms with Gasteiger partial charge in [0.1, 0.15) is 0 Å². The lowest BCUT2D eigenvalue weighted by molar-refractivity contribution is -0.154. The Morgan fingerprint density at radius 1 is 1.15 bits per heavy atom. The number of anilines is 1. The Balaban J connectivity index is 2.15. The number of hydroxylamine groups is 2. The summed E-state index contributed by atoms with van der Waals surface area (Å²) >= 11 is 0. The zero-order chi connectivity index (χ0) is 24.6. The number of unbranched alkanes of at least 4 members (excludes halogenated alkanes) is 1. The molecule has 1 saturated heterocycles. The van der Waals surface area contributed by atoms with Gasteiger partial charge in [-0.25, -0.2) is 5.06 Å². The van der Waals surface area contributed by atoms with Crippen molar-refractivity contribution in [3.05, 3.63) is 29.8 Å². The van der Waals surface area contributed by atoms with Crippen molar-refractivity contribution in [3.63, 3.8) is 0 Å². The van der Waals surface area contributed by atoms with Crippen LogP contribution in [-0.2, 0) is 9.59 Å². The van der Waals surface area contributed by atoms with Crippen molar-refractivity contribution in [1.29, 1.82) is 0 Å². The van der Waals surface area contributed by atoms with Gasteiger partial charge < -0.3 is 15.1 Å². The lowest BCUT2D eigenvalue weighted by Crippen LogP contribution is -2.52. The molecule has 1 fully saturated rings. The maximum absolute atomic E-state index is 13.4. The van der Waals surface area contributed by atoms with E-state index in [1.54, 1.807) is 0 Å². The highest BCUT2D eigenvalue weighted by Crippen LogP contribution is 2.25. The van der Waals surface area contributed by atoms with Crippen molar-refractivity contribution in [1.82, 2.24) is 15.3 Å². The van der Waals surface area contributed by atoms with E-state index in [2.05, 4.69) is 22.2 Å². The molecule has 0 saturated carbocycles. The number of benzene rings is 1. The Labute approximate surface area is 197 Å². The second-order valence-electron chi connectivity index (χ2n) is 10.1.